The van der Waals surface area contributed by atoms with Crippen molar-refractivity contribution < 1.29 is 4.74 Å². The number of nitrogens with one attached hydrogen (secondary N) is 1. The van der Waals surface area contributed by atoms with Gasteiger partial charge in [-0.3, -0.25) is 0 Å². The Kier molecular flexibility index (Phi) is 5.27. The van der Waals surface area contributed by atoms with Crippen LogP contribution in [0.5, 0.6) is 0 Å². The zero-order valence-corrected chi connectivity index (χ0v) is 13.2. The molecule has 0 radical (unpaired) electrons. The molecule has 3 heteroatoms. The Hall–Kier alpha value is -0.120. The molecule has 1 saturated heterocycles. The summed E-state index contributed by atoms with van der Waals surface area (Å²) in [6, 6.07) is 1.35. The number of likely N-dealkylation sites (tertiary alicyclic amines) is 1. The van der Waals surface area contributed by atoms with Crippen molar-refractivity contribution in [1.29, 1.82) is 0 Å². The SMILES string of the molecule is CCOC1CC(NC2CCCN(CC)CC2)C1(C)C. The molecule has 0 aromatic carbocycles. The lowest BCUT2D eigenvalue weighted by atomic mass is 9.64. The smallest absolute Gasteiger partial charge is 0.0655 e. The predicted octanol–water partition coefficient (Wildman–Crippen LogP) is 2.65. The Morgan fingerprint density at radius 2 is 2.00 bits per heavy atom. The molecular weight excluding hydrogens is 236 g/mol. The molecule has 1 saturated carbocycles. The van der Waals surface area contributed by atoms with E-state index >= 15 is 0 Å². The van der Waals surface area contributed by atoms with Gasteiger partial charge in [-0.15, -0.1) is 0 Å². The molecule has 3 nitrogen and oxygen atoms in total. The number of hydrogen-bond donors (Lipinski definition) is 1. The fourth-order valence-corrected chi connectivity index (χ4v) is 3.58. The van der Waals surface area contributed by atoms with Gasteiger partial charge in [0, 0.05) is 24.1 Å². The fraction of sp³-hybridized carbons (Fsp3) is 1.00. The minimum absolute atomic E-state index is 0.298. The highest BCUT2D eigenvalue weighted by Gasteiger charge is 2.49. The highest BCUT2D eigenvalue weighted by atomic mass is 16.5. The van der Waals surface area contributed by atoms with E-state index < -0.39 is 0 Å². The van der Waals surface area contributed by atoms with Gasteiger partial charge in [-0.05, 0) is 52.2 Å². The summed E-state index contributed by atoms with van der Waals surface area (Å²) in [5.41, 5.74) is 0.298. The van der Waals surface area contributed by atoms with E-state index in [9.17, 15) is 0 Å². The van der Waals surface area contributed by atoms with Crippen LogP contribution in [0.1, 0.15) is 53.4 Å². The fourth-order valence-electron chi connectivity index (χ4n) is 3.58. The van der Waals surface area contributed by atoms with Crippen LogP contribution in [0.2, 0.25) is 0 Å². The van der Waals surface area contributed by atoms with E-state index in [1.807, 2.05) is 0 Å². The van der Waals surface area contributed by atoms with Crippen molar-refractivity contribution in [2.45, 2.75) is 71.6 Å². The second-order valence-electron chi connectivity index (χ2n) is 6.78. The molecule has 19 heavy (non-hydrogen) atoms. The van der Waals surface area contributed by atoms with E-state index in [4.69, 9.17) is 4.74 Å². The van der Waals surface area contributed by atoms with Crippen molar-refractivity contribution in [3.63, 3.8) is 0 Å². The molecule has 3 atom stereocenters. The average molecular weight is 268 g/mol. The monoisotopic (exact) mass is 268 g/mol. The van der Waals surface area contributed by atoms with Crippen LogP contribution in [0.4, 0.5) is 0 Å². The van der Waals surface area contributed by atoms with Gasteiger partial charge in [0.2, 0.25) is 0 Å². The second-order valence-corrected chi connectivity index (χ2v) is 6.78. The van der Waals surface area contributed by atoms with Crippen LogP contribution in [0.3, 0.4) is 0 Å². The van der Waals surface area contributed by atoms with E-state index in [-0.39, 0.29) is 0 Å². The maximum Gasteiger partial charge on any atom is 0.0655 e. The van der Waals surface area contributed by atoms with E-state index in [0.717, 1.165) is 6.61 Å². The van der Waals surface area contributed by atoms with Crippen LogP contribution in [-0.4, -0.2) is 49.3 Å². The quantitative estimate of drug-likeness (QED) is 0.829. The van der Waals surface area contributed by atoms with Crippen LogP contribution >= 0.6 is 0 Å². The Balaban J connectivity index is 1.79. The molecule has 0 spiro atoms. The highest BCUT2D eigenvalue weighted by Crippen LogP contribution is 2.43. The third-order valence-corrected chi connectivity index (χ3v) is 5.25. The summed E-state index contributed by atoms with van der Waals surface area (Å²) < 4.78 is 5.82. The normalized spacial score (nSPS) is 35.7. The van der Waals surface area contributed by atoms with Crippen LogP contribution in [0.15, 0.2) is 0 Å². The molecule has 3 unspecified atom stereocenters. The van der Waals surface area contributed by atoms with E-state index in [1.54, 1.807) is 0 Å². The van der Waals surface area contributed by atoms with Crippen LogP contribution in [-0.2, 0) is 4.74 Å². The first kappa shape index (κ1) is 15.3. The van der Waals surface area contributed by atoms with Gasteiger partial charge in [0.15, 0.2) is 0 Å². The highest BCUT2D eigenvalue weighted by molar-refractivity contribution is 5.03. The summed E-state index contributed by atoms with van der Waals surface area (Å²) in [6.45, 7) is 13.7. The van der Waals surface area contributed by atoms with Crippen molar-refractivity contribution in [3.05, 3.63) is 0 Å². The maximum atomic E-state index is 5.82. The first-order valence-electron chi connectivity index (χ1n) is 8.17. The molecule has 0 aromatic rings. The van der Waals surface area contributed by atoms with Crippen molar-refractivity contribution in [2.75, 3.05) is 26.2 Å². The number of hydrogen-bond acceptors (Lipinski definition) is 3. The van der Waals surface area contributed by atoms with E-state index in [0.29, 0.717) is 23.6 Å². The molecular formula is C16H32N2O. The zero-order chi connectivity index (χ0) is 13.9. The van der Waals surface area contributed by atoms with Crippen molar-refractivity contribution in [3.8, 4) is 0 Å². The van der Waals surface area contributed by atoms with Gasteiger partial charge in [-0.2, -0.15) is 0 Å². The minimum atomic E-state index is 0.298. The van der Waals surface area contributed by atoms with Gasteiger partial charge >= 0.3 is 0 Å². The summed E-state index contributed by atoms with van der Waals surface area (Å²) in [6.07, 6.45) is 5.62. The molecule has 1 heterocycles. The van der Waals surface area contributed by atoms with E-state index in [1.165, 1.54) is 45.3 Å². The standard InChI is InChI=1S/C16H32N2O/c1-5-18-10-7-8-13(9-11-18)17-14-12-15(19-6-2)16(14,3)4/h13-15,17H,5-12H2,1-4H3. The molecule has 2 aliphatic rings. The summed E-state index contributed by atoms with van der Waals surface area (Å²) in [4.78, 5) is 2.58. The molecule has 1 N–H and O–H groups in total. The van der Waals surface area contributed by atoms with Crippen molar-refractivity contribution in [1.82, 2.24) is 10.2 Å². The van der Waals surface area contributed by atoms with Crippen LogP contribution < -0.4 is 5.32 Å². The summed E-state index contributed by atoms with van der Waals surface area (Å²) in [7, 11) is 0. The Bertz CT molecular complexity index is 280. The van der Waals surface area contributed by atoms with Crippen molar-refractivity contribution >= 4 is 0 Å². The van der Waals surface area contributed by atoms with Crippen LogP contribution in [0.25, 0.3) is 0 Å². The molecule has 0 bridgehead atoms. The lowest BCUT2D eigenvalue weighted by Crippen LogP contribution is -2.62. The minimum Gasteiger partial charge on any atom is -0.378 e. The Labute approximate surface area is 119 Å². The maximum absolute atomic E-state index is 5.82. The zero-order valence-electron chi connectivity index (χ0n) is 13.2. The first-order valence-corrected chi connectivity index (χ1v) is 8.17. The Morgan fingerprint density at radius 3 is 2.63 bits per heavy atom. The molecule has 2 fully saturated rings. The first-order chi connectivity index (χ1) is 9.07. The van der Waals surface area contributed by atoms with E-state index in [2.05, 4.69) is 37.9 Å². The summed E-state index contributed by atoms with van der Waals surface area (Å²) in [5, 5.41) is 3.91. The summed E-state index contributed by atoms with van der Waals surface area (Å²) >= 11 is 0. The van der Waals surface area contributed by atoms with Gasteiger partial charge in [-0.1, -0.05) is 20.8 Å². The van der Waals surface area contributed by atoms with Gasteiger partial charge in [0.25, 0.3) is 0 Å². The third-order valence-electron chi connectivity index (χ3n) is 5.25. The lowest BCUT2D eigenvalue weighted by Gasteiger charge is -2.53. The van der Waals surface area contributed by atoms with Gasteiger partial charge in [-0.25, -0.2) is 0 Å². The molecule has 2 rings (SSSR count). The molecule has 112 valence electrons. The predicted molar refractivity (Wildman–Crippen MR) is 80.5 cm³/mol. The molecule has 1 aliphatic carbocycles. The summed E-state index contributed by atoms with van der Waals surface area (Å²) in [5.74, 6) is 0. The third kappa shape index (κ3) is 3.50. The number of nitrogens with zero attached hydrogens (tertiary/aromatic N) is 1. The largest absolute Gasteiger partial charge is 0.378 e. The van der Waals surface area contributed by atoms with Gasteiger partial charge in [0.1, 0.15) is 0 Å². The molecule has 0 aromatic heterocycles. The average Bonchev–Trinajstić information content (AvgIpc) is 2.62. The topological polar surface area (TPSA) is 24.5 Å². The van der Waals surface area contributed by atoms with Gasteiger partial charge in [0.05, 0.1) is 6.10 Å². The van der Waals surface area contributed by atoms with Crippen LogP contribution in [0, 0.1) is 5.41 Å². The second kappa shape index (κ2) is 6.55. The number of ether oxygens (including phenoxy) is 1. The lowest BCUT2D eigenvalue weighted by molar-refractivity contribution is -0.116. The van der Waals surface area contributed by atoms with Crippen molar-refractivity contribution in [2.24, 2.45) is 5.41 Å². The number of rotatable bonds is 5. The molecule has 1 aliphatic heterocycles. The Morgan fingerprint density at radius 1 is 1.21 bits per heavy atom. The molecule has 0 amide bonds. The van der Waals surface area contributed by atoms with Gasteiger partial charge < -0.3 is 15.0 Å².